The lowest BCUT2D eigenvalue weighted by Gasteiger charge is -2.17. The zero-order valence-corrected chi connectivity index (χ0v) is 13.4. The number of benzene rings is 1. The third kappa shape index (κ3) is 6.52. The summed E-state index contributed by atoms with van der Waals surface area (Å²) in [6.07, 6.45) is -0.141. The fraction of sp³-hybridized carbons (Fsp3) is 0.333. The molecule has 0 aromatic heterocycles. The molecule has 0 fully saturated rings. The molecule has 24 heavy (non-hydrogen) atoms. The van der Waals surface area contributed by atoms with E-state index in [0.29, 0.717) is 5.56 Å². The number of phenols is 1. The van der Waals surface area contributed by atoms with Crippen LogP contribution in [0, 0.1) is 0 Å². The van der Waals surface area contributed by atoms with Crippen molar-refractivity contribution in [2.45, 2.75) is 25.4 Å². The molecule has 0 heterocycles. The number of amides is 1. The van der Waals surface area contributed by atoms with Crippen molar-refractivity contribution < 1.29 is 38.7 Å². The summed E-state index contributed by atoms with van der Waals surface area (Å²) in [5.41, 5.74) is 10.1. The van der Waals surface area contributed by atoms with Crippen LogP contribution in [-0.2, 0) is 20.6 Å². The fourth-order valence-electron chi connectivity index (χ4n) is 1.60. The van der Waals surface area contributed by atoms with E-state index >= 15 is 0 Å². The van der Waals surface area contributed by atoms with Crippen molar-refractivity contribution in [3.05, 3.63) is 23.8 Å². The van der Waals surface area contributed by atoms with Gasteiger partial charge in [0.1, 0.15) is 6.04 Å². The predicted molar refractivity (Wildman–Crippen MR) is 80.8 cm³/mol. The maximum Gasteiger partial charge on any atom is 0.524 e. The van der Waals surface area contributed by atoms with Gasteiger partial charge in [0.2, 0.25) is 0 Å². The van der Waals surface area contributed by atoms with Gasteiger partial charge in [-0.2, -0.15) is 0 Å². The third-order valence-corrected chi connectivity index (χ3v) is 3.20. The first-order valence-corrected chi connectivity index (χ1v) is 8.13. The van der Waals surface area contributed by atoms with Gasteiger partial charge in [-0.3, -0.25) is 24.8 Å². The summed E-state index contributed by atoms with van der Waals surface area (Å²) in [7, 11) is -4.83. The average molecular weight is 363 g/mol. The lowest BCUT2D eigenvalue weighted by molar-refractivity contribution is -0.140. The molecule has 0 aliphatic carbocycles. The molecule has 0 saturated heterocycles. The number of hydrogen-bond acceptors (Lipinski definition) is 7. The maximum absolute atomic E-state index is 11.3. The standard InChI is InChI=1S/C12H18N3O8P/c1-6(13)11(17)15-14-8(12(18)19)4-7-2-3-10(9(16)5-7)23-24(20,21)22/h2-3,5-6,8,14,16H,4,13H2,1H3,(H,15,17)(H,18,19)(H2,20,21,22). The molecule has 0 aliphatic heterocycles. The molecule has 134 valence electrons. The van der Waals surface area contributed by atoms with Crippen molar-refractivity contribution >= 4 is 19.7 Å². The van der Waals surface area contributed by atoms with Crippen molar-refractivity contribution in [1.29, 1.82) is 0 Å². The Bertz CT molecular complexity index is 660. The second kappa shape index (κ2) is 8.08. The summed E-state index contributed by atoms with van der Waals surface area (Å²) in [6, 6.07) is 1.44. The molecule has 2 unspecified atom stereocenters. The molecular formula is C12H18N3O8P. The Morgan fingerprint density at radius 2 is 2.00 bits per heavy atom. The van der Waals surface area contributed by atoms with Gasteiger partial charge in [-0.05, 0) is 24.6 Å². The third-order valence-electron chi connectivity index (χ3n) is 2.76. The Morgan fingerprint density at radius 1 is 1.38 bits per heavy atom. The van der Waals surface area contributed by atoms with Gasteiger partial charge in [0.15, 0.2) is 11.5 Å². The Balaban J connectivity index is 2.81. The first-order valence-electron chi connectivity index (χ1n) is 6.60. The van der Waals surface area contributed by atoms with Crippen LogP contribution in [-0.4, -0.2) is 44.0 Å². The van der Waals surface area contributed by atoms with Crippen LogP contribution in [0.5, 0.6) is 11.5 Å². The van der Waals surface area contributed by atoms with Gasteiger partial charge in [-0.15, -0.1) is 0 Å². The SMILES string of the molecule is CC(N)C(=O)NNC(Cc1ccc(OP(=O)(O)O)c(O)c1)C(=O)O. The normalized spacial score (nSPS) is 13.8. The number of phosphoric ester groups is 1. The van der Waals surface area contributed by atoms with E-state index in [9.17, 15) is 19.3 Å². The van der Waals surface area contributed by atoms with E-state index in [1.807, 2.05) is 0 Å². The molecule has 1 aromatic rings. The second-order valence-electron chi connectivity index (χ2n) is 4.90. The number of hydrogen-bond donors (Lipinski definition) is 7. The van der Waals surface area contributed by atoms with Gasteiger partial charge in [0, 0.05) is 6.42 Å². The summed E-state index contributed by atoms with van der Waals surface area (Å²) < 4.78 is 15.0. The number of carboxylic acids is 1. The van der Waals surface area contributed by atoms with E-state index < -0.39 is 43.3 Å². The van der Waals surface area contributed by atoms with E-state index in [-0.39, 0.29) is 6.42 Å². The topological polar surface area (TPSA) is 191 Å². The highest BCUT2D eigenvalue weighted by atomic mass is 31.2. The summed E-state index contributed by atoms with van der Waals surface area (Å²) in [6.45, 7) is 1.42. The van der Waals surface area contributed by atoms with Crippen molar-refractivity contribution in [2.24, 2.45) is 5.73 Å². The molecule has 0 aliphatic rings. The fourth-order valence-corrected chi connectivity index (χ4v) is 2.01. The zero-order valence-electron chi connectivity index (χ0n) is 12.5. The number of nitrogens with one attached hydrogen (secondary N) is 2. The van der Waals surface area contributed by atoms with Crippen LogP contribution in [0.15, 0.2) is 18.2 Å². The minimum Gasteiger partial charge on any atom is -0.504 e. The summed E-state index contributed by atoms with van der Waals surface area (Å²) in [4.78, 5) is 39.9. The Morgan fingerprint density at radius 3 is 2.46 bits per heavy atom. The quantitative estimate of drug-likeness (QED) is 0.219. The highest BCUT2D eigenvalue weighted by Crippen LogP contribution is 2.41. The number of carbonyl (C=O) groups excluding carboxylic acids is 1. The number of carbonyl (C=O) groups is 2. The smallest absolute Gasteiger partial charge is 0.504 e. The van der Waals surface area contributed by atoms with Gasteiger partial charge < -0.3 is 20.5 Å². The maximum atomic E-state index is 11.3. The number of phenolic OH excluding ortho intramolecular Hbond substituents is 1. The average Bonchev–Trinajstić information content (AvgIpc) is 2.44. The van der Waals surface area contributed by atoms with Gasteiger partial charge in [-0.1, -0.05) is 6.07 Å². The monoisotopic (exact) mass is 363 g/mol. The van der Waals surface area contributed by atoms with Crippen molar-refractivity contribution in [3.8, 4) is 11.5 Å². The summed E-state index contributed by atoms with van der Waals surface area (Å²) in [5.74, 6) is -2.89. The number of rotatable bonds is 8. The van der Waals surface area contributed by atoms with Crippen LogP contribution >= 0.6 is 7.82 Å². The predicted octanol–water partition coefficient (Wildman–Crippen LogP) is -1.17. The number of aromatic hydroxyl groups is 1. The molecule has 0 radical (unpaired) electrons. The molecule has 8 N–H and O–H groups in total. The Labute approximate surface area is 136 Å². The van der Waals surface area contributed by atoms with Crippen LogP contribution in [0.3, 0.4) is 0 Å². The van der Waals surface area contributed by atoms with Crippen LogP contribution < -0.4 is 21.1 Å². The van der Waals surface area contributed by atoms with E-state index in [2.05, 4.69) is 15.4 Å². The minimum absolute atomic E-state index is 0.141. The summed E-state index contributed by atoms with van der Waals surface area (Å²) in [5, 5.41) is 18.8. The lowest BCUT2D eigenvalue weighted by atomic mass is 10.1. The molecule has 12 heteroatoms. The molecule has 1 aromatic carbocycles. The Kier molecular flexibility index (Phi) is 6.70. The highest BCUT2D eigenvalue weighted by Gasteiger charge is 2.22. The number of carboxylic acid groups (broad SMARTS) is 1. The highest BCUT2D eigenvalue weighted by molar-refractivity contribution is 7.46. The van der Waals surface area contributed by atoms with Crippen molar-refractivity contribution in [3.63, 3.8) is 0 Å². The molecule has 2 atom stereocenters. The van der Waals surface area contributed by atoms with E-state index in [1.54, 1.807) is 0 Å². The second-order valence-corrected chi connectivity index (χ2v) is 6.06. The molecule has 1 amide bonds. The number of hydrazine groups is 1. The van der Waals surface area contributed by atoms with Crippen LogP contribution in [0.1, 0.15) is 12.5 Å². The molecule has 0 bridgehead atoms. The molecule has 1 rings (SSSR count). The molecule has 0 spiro atoms. The van der Waals surface area contributed by atoms with Crippen LogP contribution in [0.4, 0.5) is 0 Å². The van der Waals surface area contributed by atoms with Crippen LogP contribution in [0.25, 0.3) is 0 Å². The summed E-state index contributed by atoms with van der Waals surface area (Å²) >= 11 is 0. The van der Waals surface area contributed by atoms with Gasteiger partial charge in [0.25, 0.3) is 5.91 Å². The molecule has 11 nitrogen and oxygen atoms in total. The van der Waals surface area contributed by atoms with Crippen LogP contribution in [0.2, 0.25) is 0 Å². The lowest BCUT2D eigenvalue weighted by Crippen LogP contribution is -2.53. The number of nitrogens with two attached hydrogens (primary N) is 1. The number of phosphoric acid groups is 1. The molecule has 0 saturated carbocycles. The van der Waals surface area contributed by atoms with E-state index in [1.165, 1.54) is 13.0 Å². The van der Waals surface area contributed by atoms with E-state index in [0.717, 1.165) is 12.1 Å². The largest absolute Gasteiger partial charge is 0.524 e. The van der Waals surface area contributed by atoms with E-state index in [4.69, 9.17) is 20.6 Å². The Hall–Kier alpha value is -2.17. The van der Waals surface area contributed by atoms with Gasteiger partial charge >= 0.3 is 13.8 Å². The number of aliphatic carboxylic acids is 1. The zero-order chi connectivity index (χ0) is 18.5. The minimum atomic E-state index is -4.83. The van der Waals surface area contributed by atoms with Gasteiger partial charge in [0.05, 0.1) is 6.04 Å². The first kappa shape index (κ1) is 19.9. The molecular weight excluding hydrogens is 345 g/mol. The van der Waals surface area contributed by atoms with Gasteiger partial charge in [-0.25, -0.2) is 9.99 Å². The van der Waals surface area contributed by atoms with Crippen molar-refractivity contribution in [2.75, 3.05) is 0 Å². The first-order chi connectivity index (χ1) is 11.0. The van der Waals surface area contributed by atoms with Crippen molar-refractivity contribution in [1.82, 2.24) is 10.9 Å².